The number of hydrogen-bond donors (Lipinski definition) is 1. The highest BCUT2D eigenvalue weighted by Gasteiger charge is 2.20. The molecule has 1 aromatic heterocycles. The van der Waals surface area contributed by atoms with Crippen molar-refractivity contribution >= 4 is 31.8 Å². The highest BCUT2D eigenvalue weighted by atomic mass is 79.9. The lowest BCUT2D eigenvalue weighted by Gasteiger charge is -2.09. The van der Waals surface area contributed by atoms with E-state index in [-0.39, 0.29) is 10.7 Å². The second-order valence-electron chi connectivity index (χ2n) is 4.53. The highest BCUT2D eigenvalue weighted by molar-refractivity contribution is 9.10. The predicted molar refractivity (Wildman–Crippen MR) is 86.8 cm³/mol. The van der Waals surface area contributed by atoms with Gasteiger partial charge in [-0.25, -0.2) is 8.42 Å². The Balaban J connectivity index is 2.36. The Morgan fingerprint density at radius 3 is 2.86 bits per heavy atom. The summed E-state index contributed by atoms with van der Waals surface area (Å²) >= 11 is 3.27. The van der Waals surface area contributed by atoms with Crippen molar-refractivity contribution < 1.29 is 8.42 Å². The van der Waals surface area contributed by atoms with Crippen LogP contribution in [0, 0.1) is 18.3 Å². The first-order valence-corrected chi connectivity index (χ1v) is 8.52. The molecule has 0 aliphatic carbocycles. The Bertz CT molecular complexity index is 865. The van der Waals surface area contributed by atoms with Crippen molar-refractivity contribution in [2.75, 3.05) is 4.72 Å². The third-order valence-electron chi connectivity index (χ3n) is 2.86. The van der Waals surface area contributed by atoms with Crippen LogP contribution in [0.2, 0.25) is 0 Å². The SMILES string of the molecule is C=CCn1cc(Br)c(NS(=O)(=O)c2ccc(C#N)cc2C)n1. The molecule has 22 heavy (non-hydrogen) atoms. The van der Waals surface area contributed by atoms with Crippen molar-refractivity contribution in [2.45, 2.75) is 18.4 Å². The largest absolute Gasteiger partial charge is 0.266 e. The highest BCUT2D eigenvalue weighted by Crippen LogP contribution is 2.25. The molecule has 0 bridgehead atoms. The van der Waals surface area contributed by atoms with Crippen LogP contribution in [0.25, 0.3) is 0 Å². The van der Waals surface area contributed by atoms with E-state index in [1.165, 1.54) is 18.2 Å². The first-order chi connectivity index (χ1) is 10.4. The van der Waals surface area contributed by atoms with Gasteiger partial charge in [0.1, 0.15) is 0 Å². The molecular formula is C14H13BrN4O2S. The van der Waals surface area contributed by atoms with Gasteiger partial charge in [0.15, 0.2) is 5.82 Å². The number of halogens is 1. The first kappa shape index (κ1) is 16.3. The maximum Gasteiger partial charge on any atom is 0.263 e. The maximum absolute atomic E-state index is 12.5. The van der Waals surface area contributed by atoms with Gasteiger partial charge in [0, 0.05) is 6.20 Å². The summed E-state index contributed by atoms with van der Waals surface area (Å²) in [6.07, 6.45) is 3.31. The van der Waals surface area contributed by atoms with Gasteiger partial charge in [-0.1, -0.05) is 6.08 Å². The number of hydrogen-bond acceptors (Lipinski definition) is 4. The van der Waals surface area contributed by atoms with Crippen molar-refractivity contribution in [3.8, 4) is 6.07 Å². The van der Waals surface area contributed by atoms with Crippen LogP contribution in [0.5, 0.6) is 0 Å². The number of aromatic nitrogens is 2. The van der Waals surface area contributed by atoms with Gasteiger partial charge in [0.25, 0.3) is 10.0 Å². The van der Waals surface area contributed by atoms with E-state index in [9.17, 15) is 8.42 Å². The van der Waals surface area contributed by atoms with Gasteiger partial charge in [-0.2, -0.15) is 10.4 Å². The van der Waals surface area contributed by atoms with Crippen LogP contribution in [0.4, 0.5) is 5.82 Å². The van der Waals surface area contributed by atoms with Gasteiger partial charge >= 0.3 is 0 Å². The molecule has 0 aliphatic heterocycles. The molecule has 0 amide bonds. The minimum absolute atomic E-state index is 0.108. The van der Waals surface area contributed by atoms with Gasteiger partial charge < -0.3 is 0 Å². The number of nitrogens with one attached hydrogen (secondary N) is 1. The minimum Gasteiger partial charge on any atom is -0.266 e. The van der Waals surface area contributed by atoms with Gasteiger partial charge in [-0.05, 0) is 46.6 Å². The first-order valence-electron chi connectivity index (χ1n) is 6.25. The van der Waals surface area contributed by atoms with E-state index in [1.807, 2.05) is 6.07 Å². The second kappa shape index (κ2) is 6.34. The molecule has 0 saturated heterocycles. The summed E-state index contributed by atoms with van der Waals surface area (Å²) in [6.45, 7) is 5.71. The smallest absolute Gasteiger partial charge is 0.263 e. The number of sulfonamides is 1. The van der Waals surface area contributed by atoms with Crippen molar-refractivity contribution in [1.29, 1.82) is 5.26 Å². The molecule has 0 unspecified atom stereocenters. The molecule has 114 valence electrons. The van der Waals surface area contributed by atoms with Crippen LogP contribution < -0.4 is 4.72 Å². The number of nitriles is 1. The third-order valence-corrected chi connectivity index (χ3v) is 4.94. The number of anilines is 1. The van der Waals surface area contributed by atoms with Gasteiger partial charge in [0.2, 0.25) is 0 Å². The molecule has 0 saturated carbocycles. The summed E-state index contributed by atoms with van der Waals surface area (Å²) in [5, 5.41) is 13.0. The zero-order valence-corrected chi connectivity index (χ0v) is 14.1. The minimum atomic E-state index is -3.78. The monoisotopic (exact) mass is 380 g/mol. The second-order valence-corrected chi connectivity index (χ2v) is 7.04. The van der Waals surface area contributed by atoms with E-state index in [1.54, 1.807) is 23.9 Å². The summed E-state index contributed by atoms with van der Waals surface area (Å²) in [5.74, 6) is 0.200. The molecule has 0 radical (unpaired) electrons. The Morgan fingerprint density at radius 2 is 2.27 bits per heavy atom. The van der Waals surface area contributed by atoms with Crippen LogP contribution in [-0.2, 0) is 16.6 Å². The van der Waals surface area contributed by atoms with E-state index >= 15 is 0 Å². The Kier molecular flexibility index (Phi) is 4.68. The number of aryl methyl sites for hydroxylation is 1. The van der Waals surface area contributed by atoms with Crippen molar-refractivity contribution in [3.63, 3.8) is 0 Å². The molecule has 1 heterocycles. The molecule has 0 aliphatic rings. The van der Waals surface area contributed by atoms with Crippen molar-refractivity contribution in [3.05, 3.63) is 52.7 Å². The van der Waals surface area contributed by atoms with Crippen LogP contribution in [0.15, 0.2) is 46.4 Å². The zero-order valence-electron chi connectivity index (χ0n) is 11.7. The van der Waals surface area contributed by atoms with Crippen LogP contribution in [0.3, 0.4) is 0 Å². The lowest BCUT2D eigenvalue weighted by molar-refractivity contribution is 0.600. The van der Waals surface area contributed by atoms with Crippen molar-refractivity contribution in [1.82, 2.24) is 9.78 Å². The van der Waals surface area contributed by atoms with E-state index in [0.29, 0.717) is 22.1 Å². The van der Waals surface area contributed by atoms with Crippen LogP contribution in [0.1, 0.15) is 11.1 Å². The Hall–Kier alpha value is -2.11. The third kappa shape index (κ3) is 3.37. The van der Waals surface area contributed by atoms with Gasteiger partial charge in [-0.3, -0.25) is 9.40 Å². The number of nitrogens with zero attached hydrogens (tertiary/aromatic N) is 3. The average molecular weight is 381 g/mol. The summed E-state index contributed by atoms with van der Waals surface area (Å²) in [6, 6.07) is 6.38. The molecule has 8 heteroatoms. The molecule has 0 atom stereocenters. The standard InChI is InChI=1S/C14H13BrN4O2S/c1-3-6-19-9-12(15)14(17-19)18-22(20,21)13-5-4-11(8-16)7-10(13)2/h3-5,7,9H,1,6H2,2H3,(H,17,18). The summed E-state index contributed by atoms with van der Waals surface area (Å²) in [7, 11) is -3.78. The predicted octanol–water partition coefficient (Wildman–Crippen LogP) is 2.81. The van der Waals surface area contributed by atoms with E-state index in [4.69, 9.17) is 5.26 Å². The average Bonchev–Trinajstić information content (AvgIpc) is 2.78. The molecule has 6 nitrogen and oxygen atoms in total. The molecule has 1 N–H and O–H groups in total. The summed E-state index contributed by atoms with van der Waals surface area (Å²) in [4.78, 5) is 0.108. The normalized spacial score (nSPS) is 11.0. The molecule has 2 aromatic rings. The molecule has 2 rings (SSSR count). The fourth-order valence-electron chi connectivity index (χ4n) is 1.89. The van der Waals surface area contributed by atoms with Gasteiger partial charge in [-0.15, -0.1) is 6.58 Å². The van der Waals surface area contributed by atoms with E-state index in [0.717, 1.165) is 0 Å². The van der Waals surface area contributed by atoms with Gasteiger partial charge in [0.05, 0.1) is 27.5 Å². The number of rotatable bonds is 5. The summed E-state index contributed by atoms with van der Waals surface area (Å²) in [5.41, 5.74) is 0.904. The summed E-state index contributed by atoms with van der Waals surface area (Å²) < 4.78 is 29.4. The van der Waals surface area contributed by atoms with E-state index in [2.05, 4.69) is 32.3 Å². The number of allylic oxidation sites excluding steroid dienone is 1. The fraction of sp³-hybridized carbons (Fsp3) is 0.143. The van der Waals surface area contributed by atoms with E-state index < -0.39 is 10.0 Å². The quantitative estimate of drug-likeness (QED) is 0.807. The molecule has 0 spiro atoms. The lowest BCUT2D eigenvalue weighted by atomic mass is 10.2. The van der Waals surface area contributed by atoms with Crippen LogP contribution in [-0.4, -0.2) is 18.2 Å². The molecule has 1 aromatic carbocycles. The molecular weight excluding hydrogens is 368 g/mol. The van der Waals surface area contributed by atoms with Crippen LogP contribution >= 0.6 is 15.9 Å². The van der Waals surface area contributed by atoms with Crippen molar-refractivity contribution in [2.24, 2.45) is 0 Å². The Labute approximate surface area is 137 Å². The maximum atomic E-state index is 12.5. The lowest BCUT2D eigenvalue weighted by Crippen LogP contribution is -2.15. The molecule has 0 fully saturated rings. The topological polar surface area (TPSA) is 87.8 Å². The zero-order chi connectivity index (χ0) is 16.3. The fourth-order valence-corrected chi connectivity index (χ4v) is 3.69. The number of benzene rings is 1. The Morgan fingerprint density at radius 1 is 1.55 bits per heavy atom.